The van der Waals surface area contributed by atoms with Gasteiger partial charge in [-0.3, -0.25) is 9.59 Å². The third-order valence-electron chi connectivity index (χ3n) is 5.43. The summed E-state index contributed by atoms with van der Waals surface area (Å²) in [6.45, 7) is -0.283. The summed E-state index contributed by atoms with van der Waals surface area (Å²) >= 11 is 6.11. The number of hydrogen-bond acceptors (Lipinski definition) is 3. The highest BCUT2D eigenvalue weighted by Gasteiger charge is 2.35. The maximum atomic E-state index is 14.6. The maximum absolute atomic E-state index is 14.6. The summed E-state index contributed by atoms with van der Waals surface area (Å²) in [5.74, 6) is -1.76. The number of hydrazone groups is 1. The molecular formula is C25H20ClF2N3O2. The van der Waals surface area contributed by atoms with E-state index in [1.807, 2.05) is 0 Å². The largest absolute Gasteiger partial charge is 0.332 e. The lowest BCUT2D eigenvalue weighted by atomic mass is 9.98. The summed E-state index contributed by atoms with van der Waals surface area (Å²) in [5, 5.41) is 5.92. The summed E-state index contributed by atoms with van der Waals surface area (Å²) in [6.07, 6.45) is 0.250. The molecule has 0 bridgehead atoms. The fraction of sp³-hybridized carbons (Fsp3) is 0.160. The average Bonchev–Trinajstić information content (AvgIpc) is 3.25. The number of rotatable bonds is 5. The van der Waals surface area contributed by atoms with Gasteiger partial charge in [0.15, 0.2) is 0 Å². The molecule has 0 N–H and O–H groups in total. The van der Waals surface area contributed by atoms with E-state index in [1.165, 1.54) is 35.2 Å². The van der Waals surface area contributed by atoms with Gasteiger partial charge in [0.1, 0.15) is 18.2 Å². The average molecular weight is 468 g/mol. The Morgan fingerprint density at radius 2 is 1.70 bits per heavy atom. The Morgan fingerprint density at radius 3 is 2.39 bits per heavy atom. The van der Waals surface area contributed by atoms with Crippen molar-refractivity contribution in [3.8, 4) is 0 Å². The minimum atomic E-state index is -0.692. The van der Waals surface area contributed by atoms with E-state index in [-0.39, 0.29) is 23.6 Å². The van der Waals surface area contributed by atoms with Crippen LogP contribution in [0.25, 0.3) is 0 Å². The van der Waals surface area contributed by atoms with E-state index in [0.29, 0.717) is 16.8 Å². The van der Waals surface area contributed by atoms with Crippen molar-refractivity contribution in [3.05, 3.63) is 106 Å². The molecule has 1 aliphatic rings. The quantitative estimate of drug-likeness (QED) is 0.526. The molecule has 3 aromatic rings. The first-order valence-electron chi connectivity index (χ1n) is 10.2. The number of benzene rings is 3. The Labute approximate surface area is 194 Å². The number of nitrogens with zero attached hydrogens (tertiary/aromatic N) is 3. The zero-order chi connectivity index (χ0) is 23.5. The van der Waals surface area contributed by atoms with E-state index < -0.39 is 29.5 Å². The van der Waals surface area contributed by atoms with Gasteiger partial charge in [-0.05, 0) is 35.9 Å². The molecule has 0 saturated carbocycles. The normalized spacial score (nSPS) is 15.3. The Hall–Kier alpha value is -3.58. The van der Waals surface area contributed by atoms with Gasteiger partial charge >= 0.3 is 0 Å². The number of likely N-dealkylation sites (N-methyl/N-ethyl adjacent to an activating group) is 1. The van der Waals surface area contributed by atoms with Gasteiger partial charge in [0.05, 0.1) is 22.3 Å². The summed E-state index contributed by atoms with van der Waals surface area (Å²) in [6, 6.07) is 17.8. The van der Waals surface area contributed by atoms with Gasteiger partial charge in [-0.2, -0.15) is 5.10 Å². The van der Waals surface area contributed by atoms with Crippen LogP contribution in [0.4, 0.5) is 8.78 Å². The molecule has 1 atom stereocenters. The first-order chi connectivity index (χ1) is 15.8. The summed E-state index contributed by atoms with van der Waals surface area (Å²) in [5.41, 5.74) is 1.74. The molecule has 5 nitrogen and oxygen atoms in total. The highest BCUT2D eigenvalue weighted by atomic mass is 35.5. The van der Waals surface area contributed by atoms with Gasteiger partial charge in [-0.25, -0.2) is 13.8 Å². The van der Waals surface area contributed by atoms with Crippen LogP contribution in [0.1, 0.15) is 33.9 Å². The zero-order valence-electron chi connectivity index (χ0n) is 17.7. The highest BCUT2D eigenvalue weighted by Crippen LogP contribution is 2.34. The molecule has 0 aliphatic carbocycles. The number of halogens is 3. The topological polar surface area (TPSA) is 53.0 Å². The van der Waals surface area contributed by atoms with E-state index in [9.17, 15) is 18.4 Å². The molecule has 168 valence electrons. The second-order valence-electron chi connectivity index (χ2n) is 7.67. The van der Waals surface area contributed by atoms with Gasteiger partial charge in [0, 0.05) is 19.0 Å². The lowest BCUT2D eigenvalue weighted by Gasteiger charge is -2.25. The van der Waals surface area contributed by atoms with Crippen molar-refractivity contribution in [1.29, 1.82) is 0 Å². The number of carbonyl (C=O) groups is 2. The molecule has 4 rings (SSSR count). The Balaban J connectivity index is 1.61. The molecule has 8 heteroatoms. The lowest BCUT2D eigenvalue weighted by Crippen LogP contribution is -2.39. The minimum absolute atomic E-state index is 0.250. The van der Waals surface area contributed by atoms with Crippen LogP contribution in [0, 0.1) is 11.6 Å². The summed E-state index contributed by atoms with van der Waals surface area (Å²) < 4.78 is 28.0. The van der Waals surface area contributed by atoms with Crippen LogP contribution in [0.15, 0.2) is 77.9 Å². The van der Waals surface area contributed by atoms with Crippen molar-refractivity contribution in [1.82, 2.24) is 9.91 Å². The second-order valence-corrected chi connectivity index (χ2v) is 8.08. The third-order valence-corrected chi connectivity index (χ3v) is 5.76. The molecule has 33 heavy (non-hydrogen) atoms. The maximum Gasteiger partial charge on any atom is 0.262 e. The van der Waals surface area contributed by atoms with Gasteiger partial charge < -0.3 is 4.90 Å². The number of hydrogen-bond donors (Lipinski definition) is 0. The second kappa shape index (κ2) is 9.50. The first kappa shape index (κ1) is 22.6. The van der Waals surface area contributed by atoms with Crippen molar-refractivity contribution >= 4 is 29.1 Å². The van der Waals surface area contributed by atoms with Crippen LogP contribution in [-0.4, -0.2) is 41.0 Å². The summed E-state index contributed by atoms with van der Waals surface area (Å²) in [4.78, 5) is 27.2. The van der Waals surface area contributed by atoms with Crippen LogP contribution in [0.2, 0.25) is 5.02 Å². The van der Waals surface area contributed by atoms with Crippen molar-refractivity contribution in [2.75, 3.05) is 13.6 Å². The van der Waals surface area contributed by atoms with Crippen LogP contribution in [0.3, 0.4) is 0 Å². The van der Waals surface area contributed by atoms with Crippen LogP contribution in [-0.2, 0) is 4.79 Å². The molecular weight excluding hydrogens is 448 g/mol. The summed E-state index contributed by atoms with van der Waals surface area (Å²) in [7, 11) is 1.49. The van der Waals surface area contributed by atoms with Gasteiger partial charge in [0.2, 0.25) is 0 Å². The molecule has 0 fully saturated rings. The van der Waals surface area contributed by atoms with Crippen LogP contribution in [0.5, 0.6) is 0 Å². The Kier molecular flexibility index (Phi) is 6.51. The van der Waals surface area contributed by atoms with Gasteiger partial charge in [0.25, 0.3) is 11.8 Å². The van der Waals surface area contributed by atoms with E-state index in [1.54, 1.807) is 54.6 Å². The number of carbonyl (C=O) groups excluding carboxylic acids is 2. The van der Waals surface area contributed by atoms with Crippen LogP contribution < -0.4 is 0 Å². The fourth-order valence-corrected chi connectivity index (χ4v) is 3.95. The Bertz CT molecular complexity index is 1230. The first-order valence-corrected chi connectivity index (χ1v) is 10.6. The predicted octanol–water partition coefficient (Wildman–Crippen LogP) is 5.07. The zero-order valence-corrected chi connectivity index (χ0v) is 18.5. The molecule has 0 saturated heterocycles. The van der Waals surface area contributed by atoms with Gasteiger partial charge in [-0.1, -0.05) is 54.1 Å². The van der Waals surface area contributed by atoms with Crippen LogP contribution >= 0.6 is 11.6 Å². The molecule has 3 aromatic carbocycles. The highest BCUT2D eigenvalue weighted by molar-refractivity contribution is 6.33. The smallest absolute Gasteiger partial charge is 0.262 e. The molecule has 1 unspecified atom stereocenters. The lowest BCUT2D eigenvalue weighted by molar-refractivity contribution is -0.133. The van der Waals surface area contributed by atoms with E-state index >= 15 is 0 Å². The molecule has 0 spiro atoms. The van der Waals surface area contributed by atoms with Crippen molar-refractivity contribution in [2.24, 2.45) is 5.10 Å². The fourth-order valence-electron chi connectivity index (χ4n) is 3.73. The van der Waals surface area contributed by atoms with E-state index in [4.69, 9.17) is 11.6 Å². The van der Waals surface area contributed by atoms with Crippen molar-refractivity contribution in [2.45, 2.75) is 12.5 Å². The standard InChI is InChI=1S/C25H20ClF2N3O2/c1-30(25(33)18-6-2-4-8-20(18)26)15-24(32)31-23(19-7-3-5-9-21(19)28)14-22(29-31)16-10-12-17(27)13-11-16/h2-13,23H,14-15H2,1H3. The molecule has 1 heterocycles. The SMILES string of the molecule is CN(CC(=O)N1N=C(c2ccc(F)cc2)CC1c1ccccc1F)C(=O)c1ccccc1Cl. The molecule has 0 radical (unpaired) electrons. The monoisotopic (exact) mass is 467 g/mol. The Morgan fingerprint density at radius 1 is 1.03 bits per heavy atom. The molecule has 1 aliphatic heterocycles. The third kappa shape index (κ3) is 4.78. The minimum Gasteiger partial charge on any atom is -0.332 e. The van der Waals surface area contributed by atoms with Crippen molar-refractivity contribution < 1.29 is 18.4 Å². The number of amides is 2. The molecule has 0 aromatic heterocycles. The molecule has 2 amide bonds. The van der Waals surface area contributed by atoms with E-state index in [0.717, 1.165) is 0 Å². The predicted molar refractivity (Wildman–Crippen MR) is 122 cm³/mol. The van der Waals surface area contributed by atoms with Gasteiger partial charge in [-0.15, -0.1) is 0 Å². The van der Waals surface area contributed by atoms with E-state index in [2.05, 4.69) is 5.10 Å². The van der Waals surface area contributed by atoms with Crippen molar-refractivity contribution in [3.63, 3.8) is 0 Å².